The molecular weight excluding hydrogens is 200 g/mol. The molecule has 0 radical (unpaired) electrons. The van der Waals surface area contributed by atoms with Crippen molar-refractivity contribution in [2.24, 2.45) is 11.8 Å². The summed E-state index contributed by atoms with van der Waals surface area (Å²) in [6.07, 6.45) is 0.970. The third kappa shape index (κ3) is 1.22. The van der Waals surface area contributed by atoms with Crippen molar-refractivity contribution in [2.45, 2.75) is 32.1 Å². The molecule has 0 aliphatic heterocycles. The largest absolute Gasteiger partial charge is 0.481 e. The molecule has 3 rings (SSSR count). The Hall–Kier alpha value is -1.31. The van der Waals surface area contributed by atoms with Gasteiger partial charge in [-0.1, -0.05) is 32.0 Å². The second-order valence-corrected chi connectivity index (χ2v) is 5.37. The van der Waals surface area contributed by atoms with Gasteiger partial charge in [-0.25, -0.2) is 0 Å². The number of rotatable bonds is 2. The summed E-state index contributed by atoms with van der Waals surface area (Å²) in [5.74, 6) is 0.534. The number of hydrogen-bond acceptors (Lipinski definition) is 1. The van der Waals surface area contributed by atoms with Crippen molar-refractivity contribution in [3.63, 3.8) is 0 Å². The normalized spacial score (nSPS) is 30.1. The van der Waals surface area contributed by atoms with Crippen LogP contribution >= 0.6 is 0 Å². The summed E-state index contributed by atoms with van der Waals surface area (Å²) in [4.78, 5) is 11.0. The van der Waals surface area contributed by atoms with Gasteiger partial charge in [0.15, 0.2) is 0 Å². The van der Waals surface area contributed by atoms with E-state index in [2.05, 4.69) is 32.0 Å². The van der Waals surface area contributed by atoms with Crippen LogP contribution in [0.1, 0.15) is 42.4 Å². The topological polar surface area (TPSA) is 37.3 Å². The summed E-state index contributed by atoms with van der Waals surface area (Å²) >= 11 is 0. The first-order chi connectivity index (χ1) is 7.59. The highest BCUT2D eigenvalue weighted by molar-refractivity contribution is 5.77. The second-order valence-electron chi connectivity index (χ2n) is 5.37. The van der Waals surface area contributed by atoms with Gasteiger partial charge in [-0.05, 0) is 34.9 Å². The van der Waals surface area contributed by atoms with Crippen LogP contribution < -0.4 is 0 Å². The van der Waals surface area contributed by atoms with E-state index in [1.807, 2.05) is 0 Å². The van der Waals surface area contributed by atoms with E-state index in [-0.39, 0.29) is 5.92 Å². The Labute approximate surface area is 95.3 Å². The Morgan fingerprint density at radius 2 is 2.19 bits per heavy atom. The highest BCUT2D eigenvalue weighted by Crippen LogP contribution is 2.61. The lowest BCUT2D eigenvalue weighted by atomic mass is 9.95. The maximum absolute atomic E-state index is 11.0. The Morgan fingerprint density at radius 1 is 1.44 bits per heavy atom. The lowest BCUT2D eigenvalue weighted by molar-refractivity contribution is -0.139. The molecule has 0 bridgehead atoms. The molecule has 16 heavy (non-hydrogen) atoms. The van der Waals surface area contributed by atoms with Crippen molar-refractivity contribution < 1.29 is 9.90 Å². The fourth-order valence-corrected chi connectivity index (χ4v) is 3.13. The molecule has 84 valence electrons. The summed E-state index contributed by atoms with van der Waals surface area (Å²) in [5, 5.41) is 9.03. The zero-order valence-corrected chi connectivity index (χ0v) is 9.60. The first kappa shape index (κ1) is 9.88. The SMILES string of the molecule is CC(C)c1ccc2c(c1)C[C@@H]1[C@@H](C(=O)O)[C@@H]21. The van der Waals surface area contributed by atoms with E-state index in [0.717, 1.165) is 6.42 Å². The lowest BCUT2D eigenvalue weighted by Gasteiger charge is -2.10. The van der Waals surface area contributed by atoms with Crippen LogP contribution in [0.4, 0.5) is 0 Å². The van der Waals surface area contributed by atoms with Crippen LogP contribution in [0.25, 0.3) is 0 Å². The zero-order chi connectivity index (χ0) is 11.4. The van der Waals surface area contributed by atoms with Gasteiger partial charge in [0.25, 0.3) is 0 Å². The van der Waals surface area contributed by atoms with Gasteiger partial charge >= 0.3 is 5.97 Å². The van der Waals surface area contributed by atoms with Crippen LogP contribution in [0.3, 0.4) is 0 Å². The Bertz CT molecular complexity index is 462. The molecule has 0 heterocycles. The van der Waals surface area contributed by atoms with Gasteiger partial charge in [0.1, 0.15) is 0 Å². The molecule has 0 aromatic heterocycles. The van der Waals surface area contributed by atoms with Crippen molar-refractivity contribution in [3.8, 4) is 0 Å². The van der Waals surface area contributed by atoms with Crippen LogP contribution in [0.5, 0.6) is 0 Å². The van der Waals surface area contributed by atoms with E-state index < -0.39 is 5.97 Å². The van der Waals surface area contributed by atoms with Gasteiger partial charge in [0, 0.05) is 5.92 Å². The molecule has 1 aromatic rings. The molecule has 0 amide bonds. The summed E-state index contributed by atoms with van der Waals surface area (Å²) in [5.41, 5.74) is 4.05. The number of benzene rings is 1. The molecule has 1 N–H and O–H groups in total. The Morgan fingerprint density at radius 3 is 2.81 bits per heavy atom. The molecule has 0 spiro atoms. The summed E-state index contributed by atoms with van der Waals surface area (Å²) < 4.78 is 0. The van der Waals surface area contributed by atoms with Gasteiger partial charge in [-0.15, -0.1) is 0 Å². The van der Waals surface area contributed by atoms with Gasteiger partial charge in [0.2, 0.25) is 0 Å². The molecule has 3 atom stereocenters. The summed E-state index contributed by atoms with van der Waals surface area (Å²) in [6.45, 7) is 4.38. The van der Waals surface area contributed by atoms with Crippen molar-refractivity contribution in [2.75, 3.05) is 0 Å². The van der Waals surface area contributed by atoms with Crippen molar-refractivity contribution in [1.82, 2.24) is 0 Å². The highest BCUT2D eigenvalue weighted by atomic mass is 16.4. The van der Waals surface area contributed by atoms with E-state index in [4.69, 9.17) is 5.11 Å². The Balaban J connectivity index is 1.92. The number of fused-ring (bicyclic) bond motifs is 3. The summed E-state index contributed by atoms with van der Waals surface area (Å²) in [6, 6.07) is 6.58. The number of carboxylic acid groups (broad SMARTS) is 1. The highest BCUT2D eigenvalue weighted by Gasteiger charge is 2.59. The predicted octanol–water partition coefficient (Wildman–Crippen LogP) is 2.78. The minimum atomic E-state index is -0.617. The first-order valence-electron chi connectivity index (χ1n) is 5.95. The Kier molecular flexibility index (Phi) is 1.91. The molecule has 0 unspecified atom stereocenters. The maximum atomic E-state index is 11.0. The molecule has 0 saturated heterocycles. The molecule has 2 aliphatic carbocycles. The lowest BCUT2D eigenvalue weighted by Crippen LogP contribution is -2.05. The average molecular weight is 216 g/mol. The second kappa shape index (κ2) is 3.09. The molecular formula is C14H16O2. The van der Waals surface area contributed by atoms with Crippen LogP contribution in [-0.4, -0.2) is 11.1 Å². The summed E-state index contributed by atoms with van der Waals surface area (Å²) in [7, 11) is 0. The monoisotopic (exact) mass is 216 g/mol. The number of carbonyl (C=O) groups is 1. The van der Waals surface area contributed by atoms with E-state index in [0.29, 0.717) is 17.8 Å². The van der Waals surface area contributed by atoms with Gasteiger partial charge < -0.3 is 5.11 Å². The third-order valence-corrected chi connectivity index (χ3v) is 4.10. The molecule has 2 aliphatic rings. The van der Waals surface area contributed by atoms with Crippen LogP contribution in [0, 0.1) is 11.8 Å². The van der Waals surface area contributed by atoms with E-state index in [1.54, 1.807) is 0 Å². The van der Waals surface area contributed by atoms with E-state index in [9.17, 15) is 4.79 Å². The number of aliphatic carboxylic acids is 1. The third-order valence-electron chi connectivity index (χ3n) is 4.10. The quantitative estimate of drug-likeness (QED) is 0.825. The zero-order valence-electron chi connectivity index (χ0n) is 9.60. The number of hydrogen-bond donors (Lipinski definition) is 1. The molecule has 2 nitrogen and oxygen atoms in total. The van der Waals surface area contributed by atoms with Crippen molar-refractivity contribution in [3.05, 3.63) is 34.9 Å². The van der Waals surface area contributed by atoms with Gasteiger partial charge in [-0.3, -0.25) is 4.79 Å². The molecule has 2 heteroatoms. The van der Waals surface area contributed by atoms with Gasteiger partial charge in [0.05, 0.1) is 5.92 Å². The minimum Gasteiger partial charge on any atom is -0.481 e. The fourth-order valence-electron chi connectivity index (χ4n) is 3.13. The van der Waals surface area contributed by atoms with Gasteiger partial charge in [-0.2, -0.15) is 0 Å². The van der Waals surface area contributed by atoms with Crippen LogP contribution in [0.15, 0.2) is 18.2 Å². The van der Waals surface area contributed by atoms with Crippen molar-refractivity contribution >= 4 is 5.97 Å². The smallest absolute Gasteiger partial charge is 0.307 e. The average Bonchev–Trinajstić information content (AvgIpc) is 2.82. The van der Waals surface area contributed by atoms with Crippen LogP contribution in [-0.2, 0) is 11.2 Å². The fraction of sp³-hybridized carbons (Fsp3) is 0.500. The van der Waals surface area contributed by atoms with Crippen LogP contribution in [0.2, 0.25) is 0 Å². The molecule has 1 saturated carbocycles. The number of carboxylic acids is 1. The van der Waals surface area contributed by atoms with Crippen molar-refractivity contribution in [1.29, 1.82) is 0 Å². The maximum Gasteiger partial charge on any atom is 0.307 e. The minimum absolute atomic E-state index is 0.0996. The van der Waals surface area contributed by atoms with E-state index in [1.165, 1.54) is 16.7 Å². The molecule has 1 aromatic carbocycles. The predicted molar refractivity (Wildman–Crippen MR) is 61.6 cm³/mol. The standard InChI is InChI=1S/C14H16O2/c1-7(2)8-3-4-10-9(5-8)6-11-12(10)13(11)14(15)16/h3-5,7,11-13H,6H2,1-2H3,(H,15,16)/t11-,12-,13+/m0/s1. The first-order valence-corrected chi connectivity index (χ1v) is 5.95. The molecule has 1 fully saturated rings. The van der Waals surface area contributed by atoms with E-state index >= 15 is 0 Å².